The van der Waals surface area contributed by atoms with Crippen molar-refractivity contribution in [1.29, 1.82) is 0 Å². The summed E-state index contributed by atoms with van der Waals surface area (Å²) in [6.07, 6.45) is 0. The van der Waals surface area contributed by atoms with E-state index in [4.69, 9.17) is 23.2 Å². The predicted octanol–water partition coefficient (Wildman–Crippen LogP) is 5.58. The van der Waals surface area contributed by atoms with Gasteiger partial charge in [-0.2, -0.15) is 0 Å². The lowest BCUT2D eigenvalue weighted by Crippen LogP contribution is -2.07. The van der Waals surface area contributed by atoms with E-state index in [-0.39, 0.29) is 11.7 Å². The molecule has 0 fully saturated rings. The van der Waals surface area contributed by atoms with Crippen LogP contribution in [0.2, 0.25) is 10.0 Å². The molecular weight excluding hydrogens is 310 g/mol. The maximum atomic E-state index is 13.1. The quantitative estimate of drug-likeness (QED) is 0.728. The number of halogens is 5. The van der Waals surface area contributed by atoms with Gasteiger partial charge in [-0.3, -0.25) is 0 Å². The molecule has 0 aliphatic heterocycles. The third-order valence-electron chi connectivity index (χ3n) is 2.81. The van der Waals surface area contributed by atoms with Crippen LogP contribution in [0.1, 0.15) is 18.5 Å². The zero-order chi connectivity index (χ0) is 14.9. The minimum Gasteiger partial charge on any atom is -0.378 e. The number of anilines is 1. The van der Waals surface area contributed by atoms with E-state index < -0.39 is 17.5 Å². The maximum absolute atomic E-state index is 13.1. The molecule has 0 aliphatic carbocycles. The summed E-state index contributed by atoms with van der Waals surface area (Å²) in [5, 5.41) is 3.67. The smallest absolute Gasteiger partial charge is 0.194 e. The fourth-order valence-corrected chi connectivity index (χ4v) is 2.06. The molecule has 0 bridgehead atoms. The summed E-state index contributed by atoms with van der Waals surface area (Å²) in [4.78, 5) is 0. The molecule has 0 radical (unpaired) electrons. The van der Waals surface area contributed by atoms with Crippen LogP contribution in [-0.4, -0.2) is 0 Å². The second kappa shape index (κ2) is 5.94. The summed E-state index contributed by atoms with van der Waals surface area (Å²) in [5.74, 6) is -3.97. The summed E-state index contributed by atoms with van der Waals surface area (Å²) in [6.45, 7) is 1.78. The van der Waals surface area contributed by atoms with Crippen molar-refractivity contribution in [3.63, 3.8) is 0 Å². The molecule has 1 atom stereocenters. The first-order valence-corrected chi connectivity index (χ1v) is 6.50. The number of hydrogen-bond donors (Lipinski definition) is 1. The van der Waals surface area contributed by atoms with Crippen LogP contribution in [0.5, 0.6) is 0 Å². The minimum atomic E-state index is -1.49. The van der Waals surface area contributed by atoms with Crippen molar-refractivity contribution in [3.05, 3.63) is 63.4 Å². The van der Waals surface area contributed by atoms with Crippen LogP contribution < -0.4 is 5.32 Å². The van der Waals surface area contributed by atoms with E-state index in [1.165, 1.54) is 0 Å². The highest BCUT2D eigenvalue weighted by Gasteiger charge is 2.13. The molecule has 2 rings (SSSR count). The van der Waals surface area contributed by atoms with Gasteiger partial charge in [0.1, 0.15) is 0 Å². The van der Waals surface area contributed by atoms with Gasteiger partial charge in [-0.05, 0) is 24.6 Å². The maximum Gasteiger partial charge on any atom is 0.194 e. The SMILES string of the molecule is CC(Nc1cc(F)c(F)c(F)c1)c1ccc(Cl)c(Cl)c1. The van der Waals surface area contributed by atoms with Crippen LogP contribution in [0.15, 0.2) is 30.3 Å². The lowest BCUT2D eigenvalue weighted by molar-refractivity contribution is 0.447. The Bertz CT molecular complexity index is 623. The van der Waals surface area contributed by atoms with Crippen molar-refractivity contribution in [3.8, 4) is 0 Å². The Morgan fingerprint density at radius 2 is 1.55 bits per heavy atom. The summed E-state index contributed by atoms with van der Waals surface area (Å²) in [6, 6.07) is 6.52. The zero-order valence-electron chi connectivity index (χ0n) is 10.4. The van der Waals surface area contributed by atoms with Crippen LogP contribution in [-0.2, 0) is 0 Å². The first-order valence-electron chi connectivity index (χ1n) is 5.74. The molecule has 0 amide bonds. The third-order valence-corrected chi connectivity index (χ3v) is 3.55. The second-order valence-corrected chi connectivity index (χ2v) is 5.11. The first-order chi connectivity index (χ1) is 9.38. The van der Waals surface area contributed by atoms with Gasteiger partial charge in [-0.1, -0.05) is 29.3 Å². The molecule has 2 aromatic rings. The van der Waals surface area contributed by atoms with Gasteiger partial charge in [0.2, 0.25) is 0 Å². The molecule has 0 heterocycles. The number of hydrogen-bond acceptors (Lipinski definition) is 1. The van der Waals surface area contributed by atoms with E-state index in [0.29, 0.717) is 10.0 Å². The molecular formula is C14H10Cl2F3N. The predicted molar refractivity (Wildman–Crippen MR) is 74.8 cm³/mol. The molecule has 0 aliphatic rings. The molecule has 6 heteroatoms. The highest BCUT2D eigenvalue weighted by Crippen LogP contribution is 2.28. The van der Waals surface area contributed by atoms with Gasteiger partial charge in [0.05, 0.1) is 10.0 Å². The van der Waals surface area contributed by atoms with Gasteiger partial charge in [-0.15, -0.1) is 0 Å². The molecule has 20 heavy (non-hydrogen) atoms. The van der Waals surface area contributed by atoms with E-state index in [9.17, 15) is 13.2 Å². The Labute approximate surface area is 124 Å². The molecule has 1 unspecified atom stereocenters. The van der Waals surface area contributed by atoms with E-state index in [2.05, 4.69) is 5.32 Å². The normalized spacial score (nSPS) is 12.3. The van der Waals surface area contributed by atoms with E-state index in [0.717, 1.165) is 17.7 Å². The van der Waals surface area contributed by atoms with Gasteiger partial charge in [0.15, 0.2) is 17.5 Å². The summed E-state index contributed by atoms with van der Waals surface area (Å²) in [7, 11) is 0. The fourth-order valence-electron chi connectivity index (χ4n) is 1.75. The average molecular weight is 320 g/mol. The second-order valence-electron chi connectivity index (χ2n) is 4.29. The molecule has 2 aromatic carbocycles. The number of nitrogens with one attached hydrogen (secondary N) is 1. The monoisotopic (exact) mass is 319 g/mol. The molecule has 0 saturated carbocycles. The Kier molecular flexibility index (Phi) is 4.45. The number of benzene rings is 2. The first kappa shape index (κ1) is 15.0. The highest BCUT2D eigenvalue weighted by atomic mass is 35.5. The van der Waals surface area contributed by atoms with Crippen molar-refractivity contribution < 1.29 is 13.2 Å². The molecule has 106 valence electrons. The van der Waals surface area contributed by atoms with Crippen molar-refractivity contribution in [1.82, 2.24) is 0 Å². The van der Waals surface area contributed by atoms with Crippen LogP contribution in [0, 0.1) is 17.5 Å². The fraction of sp³-hybridized carbons (Fsp3) is 0.143. The topological polar surface area (TPSA) is 12.0 Å². The van der Waals surface area contributed by atoms with Gasteiger partial charge >= 0.3 is 0 Å². The van der Waals surface area contributed by atoms with Gasteiger partial charge in [0, 0.05) is 23.9 Å². The molecule has 1 nitrogen and oxygen atoms in total. The van der Waals surface area contributed by atoms with Gasteiger partial charge < -0.3 is 5.32 Å². The van der Waals surface area contributed by atoms with E-state index >= 15 is 0 Å². The number of rotatable bonds is 3. The van der Waals surface area contributed by atoms with Gasteiger partial charge in [-0.25, -0.2) is 13.2 Å². The van der Waals surface area contributed by atoms with Crippen molar-refractivity contribution in [2.45, 2.75) is 13.0 Å². The molecule has 0 saturated heterocycles. The Balaban J connectivity index is 2.23. The standard InChI is InChI=1S/C14H10Cl2F3N/c1-7(8-2-3-10(15)11(16)4-8)20-9-5-12(17)14(19)13(18)6-9/h2-7,20H,1H3. The van der Waals surface area contributed by atoms with Crippen LogP contribution in [0.4, 0.5) is 18.9 Å². The Morgan fingerprint density at radius 3 is 2.10 bits per heavy atom. The average Bonchev–Trinajstić information content (AvgIpc) is 2.39. The largest absolute Gasteiger partial charge is 0.378 e. The summed E-state index contributed by atoms with van der Waals surface area (Å²) < 4.78 is 39.1. The van der Waals surface area contributed by atoms with E-state index in [1.807, 2.05) is 0 Å². The lowest BCUT2D eigenvalue weighted by atomic mass is 10.1. The molecule has 1 N–H and O–H groups in total. The lowest BCUT2D eigenvalue weighted by Gasteiger charge is -2.16. The Hall–Kier alpha value is -1.39. The van der Waals surface area contributed by atoms with Crippen molar-refractivity contribution in [2.24, 2.45) is 0 Å². The zero-order valence-corrected chi connectivity index (χ0v) is 11.9. The Morgan fingerprint density at radius 1 is 0.950 bits per heavy atom. The summed E-state index contributed by atoms with van der Waals surface area (Å²) >= 11 is 11.7. The third kappa shape index (κ3) is 3.19. The van der Waals surface area contributed by atoms with Crippen molar-refractivity contribution in [2.75, 3.05) is 5.32 Å². The minimum absolute atomic E-state index is 0.139. The van der Waals surface area contributed by atoms with Crippen LogP contribution >= 0.6 is 23.2 Å². The van der Waals surface area contributed by atoms with E-state index in [1.54, 1.807) is 25.1 Å². The van der Waals surface area contributed by atoms with Crippen LogP contribution in [0.3, 0.4) is 0 Å². The van der Waals surface area contributed by atoms with Gasteiger partial charge in [0.25, 0.3) is 0 Å². The highest BCUT2D eigenvalue weighted by molar-refractivity contribution is 6.42. The van der Waals surface area contributed by atoms with Crippen LogP contribution in [0.25, 0.3) is 0 Å². The summed E-state index contributed by atoms with van der Waals surface area (Å²) in [5.41, 5.74) is 0.921. The molecule has 0 aromatic heterocycles. The van der Waals surface area contributed by atoms with Crippen molar-refractivity contribution >= 4 is 28.9 Å². The molecule has 0 spiro atoms.